The third-order valence-electron chi connectivity index (χ3n) is 3.29. The summed E-state index contributed by atoms with van der Waals surface area (Å²) >= 11 is 0. The van der Waals surface area contributed by atoms with E-state index in [0.29, 0.717) is 11.4 Å². The molecule has 0 aromatic heterocycles. The highest BCUT2D eigenvalue weighted by atomic mass is 32.2. The van der Waals surface area contributed by atoms with Crippen molar-refractivity contribution in [3.8, 4) is 0 Å². The van der Waals surface area contributed by atoms with Crippen LogP contribution in [0.1, 0.15) is 52.2 Å². The zero-order valence-electron chi connectivity index (χ0n) is 13.9. The van der Waals surface area contributed by atoms with Crippen molar-refractivity contribution in [3.63, 3.8) is 0 Å². The summed E-state index contributed by atoms with van der Waals surface area (Å²) in [4.78, 5) is 0.312. The topological polar surface area (TPSA) is 72.2 Å². The van der Waals surface area contributed by atoms with E-state index in [1.165, 1.54) is 0 Å². The average Bonchev–Trinajstić information content (AvgIpc) is 2.23. The summed E-state index contributed by atoms with van der Waals surface area (Å²) in [5.41, 5.74) is 6.76. The van der Waals surface area contributed by atoms with E-state index in [4.69, 9.17) is 5.73 Å². The van der Waals surface area contributed by atoms with E-state index in [2.05, 4.69) is 25.5 Å². The second-order valence-electron chi connectivity index (χ2n) is 7.47. The second kappa shape index (κ2) is 6.07. The Morgan fingerprint density at radius 1 is 1.14 bits per heavy atom. The van der Waals surface area contributed by atoms with Crippen LogP contribution in [-0.4, -0.2) is 14.0 Å². The van der Waals surface area contributed by atoms with Crippen LogP contribution in [0.25, 0.3) is 0 Å². The van der Waals surface area contributed by atoms with Gasteiger partial charge in [-0.3, -0.25) is 0 Å². The Labute approximate surface area is 129 Å². The van der Waals surface area contributed by atoms with Crippen LogP contribution in [-0.2, 0) is 16.6 Å². The lowest BCUT2D eigenvalue weighted by Crippen LogP contribution is -2.45. The molecule has 4 nitrogen and oxygen atoms in total. The van der Waals surface area contributed by atoms with Crippen LogP contribution in [0.2, 0.25) is 0 Å². The molecule has 0 spiro atoms. The molecule has 0 unspecified atom stereocenters. The Morgan fingerprint density at radius 3 is 2.19 bits per heavy atom. The van der Waals surface area contributed by atoms with Crippen molar-refractivity contribution >= 4 is 10.0 Å². The lowest BCUT2D eigenvalue weighted by atomic mass is 9.82. The maximum absolute atomic E-state index is 12.7. The zero-order chi connectivity index (χ0) is 16.5. The molecule has 0 amide bonds. The molecule has 0 heterocycles. The molecule has 1 aromatic rings. The first-order chi connectivity index (χ1) is 9.38. The largest absolute Gasteiger partial charge is 0.326 e. The Balaban J connectivity index is 3.13. The third-order valence-corrected chi connectivity index (χ3v) is 5.13. The number of nitrogens with two attached hydrogens (primary N) is 1. The summed E-state index contributed by atoms with van der Waals surface area (Å²) < 4.78 is 28.2. The van der Waals surface area contributed by atoms with Gasteiger partial charge in [0.05, 0.1) is 4.90 Å². The van der Waals surface area contributed by atoms with Gasteiger partial charge in [-0.2, -0.15) is 0 Å². The van der Waals surface area contributed by atoms with E-state index in [1.807, 2.05) is 19.9 Å². The molecule has 0 saturated heterocycles. The third kappa shape index (κ3) is 5.09. The molecule has 0 saturated carbocycles. The SMILES string of the molecule is Cc1c(CN)cccc1S(=O)(=O)NC(C)(C)CC(C)(C)C. The molecule has 0 aliphatic heterocycles. The molecule has 0 aliphatic rings. The van der Waals surface area contributed by atoms with Gasteiger partial charge in [-0.1, -0.05) is 32.9 Å². The van der Waals surface area contributed by atoms with Crippen LogP contribution >= 0.6 is 0 Å². The maximum atomic E-state index is 12.7. The standard InChI is InChI=1S/C16H28N2O2S/c1-12-13(10-17)8-7-9-14(12)21(19,20)18-16(5,6)11-15(2,3)4/h7-9,18H,10-11,17H2,1-6H3. The summed E-state index contributed by atoms with van der Waals surface area (Å²) in [7, 11) is -3.56. The fraction of sp³-hybridized carbons (Fsp3) is 0.625. The first-order valence-electron chi connectivity index (χ1n) is 7.20. The first-order valence-corrected chi connectivity index (χ1v) is 8.69. The molecule has 1 rings (SSSR count). The normalized spacial score (nSPS) is 13.5. The van der Waals surface area contributed by atoms with Gasteiger partial charge >= 0.3 is 0 Å². The van der Waals surface area contributed by atoms with Crippen molar-refractivity contribution in [1.29, 1.82) is 0 Å². The molecule has 0 aliphatic carbocycles. The van der Waals surface area contributed by atoms with Crippen LogP contribution in [0.3, 0.4) is 0 Å². The van der Waals surface area contributed by atoms with Gasteiger partial charge in [0.1, 0.15) is 0 Å². The monoisotopic (exact) mass is 312 g/mol. The maximum Gasteiger partial charge on any atom is 0.241 e. The highest BCUT2D eigenvalue weighted by molar-refractivity contribution is 7.89. The Morgan fingerprint density at radius 2 is 1.71 bits per heavy atom. The summed E-state index contributed by atoms with van der Waals surface area (Å²) in [6.07, 6.45) is 0.745. The van der Waals surface area contributed by atoms with E-state index < -0.39 is 15.6 Å². The van der Waals surface area contributed by atoms with Gasteiger partial charge in [-0.05, 0) is 49.8 Å². The van der Waals surface area contributed by atoms with Gasteiger partial charge in [0.2, 0.25) is 10.0 Å². The molecule has 120 valence electrons. The molecule has 0 radical (unpaired) electrons. The van der Waals surface area contributed by atoms with Crippen LogP contribution < -0.4 is 10.5 Å². The summed E-state index contributed by atoms with van der Waals surface area (Å²) in [5, 5.41) is 0. The van der Waals surface area contributed by atoms with Gasteiger partial charge < -0.3 is 5.73 Å². The van der Waals surface area contributed by atoms with Gasteiger partial charge in [0, 0.05) is 12.1 Å². The van der Waals surface area contributed by atoms with Gasteiger partial charge in [0.15, 0.2) is 0 Å². The van der Waals surface area contributed by atoms with Crippen LogP contribution in [0.4, 0.5) is 0 Å². The minimum absolute atomic E-state index is 0.0418. The van der Waals surface area contributed by atoms with E-state index in [9.17, 15) is 8.42 Å². The molecule has 21 heavy (non-hydrogen) atoms. The van der Waals surface area contributed by atoms with Crippen molar-refractivity contribution in [2.75, 3.05) is 0 Å². The predicted molar refractivity (Wildman–Crippen MR) is 87.5 cm³/mol. The summed E-state index contributed by atoms with van der Waals surface area (Å²) in [6.45, 7) is 12.3. The summed E-state index contributed by atoms with van der Waals surface area (Å²) in [6, 6.07) is 5.22. The molecule has 3 N–H and O–H groups in total. The molecule has 0 fully saturated rings. The number of nitrogens with one attached hydrogen (secondary N) is 1. The highest BCUT2D eigenvalue weighted by Gasteiger charge is 2.31. The van der Waals surface area contributed by atoms with Crippen molar-refractivity contribution in [3.05, 3.63) is 29.3 Å². The number of hydrogen-bond donors (Lipinski definition) is 2. The molecule has 1 aromatic carbocycles. The minimum Gasteiger partial charge on any atom is -0.326 e. The van der Waals surface area contributed by atoms with Crippen molar-refractivity contribution in [2.24, 2.45) is 11.1 Å². The van der Waals surface area contributed by atoms with E-state index in [1.54, 1.807) is 19.1 Å². The number of benzene rings is 1. The molecular formula is C16H28N2O2S. The fourth-order valence-electron chi connectivity index (χ4n) is 2.95. The second-order valence-corrected chi connectivity index (χ2v) is 9.12. The average molecular weight is 312 g/mol. The lowest BCUT2D eigenvalue weighted by molar-refractivity contribution is 0.269. The summed E-state index contributed by atoms with van der Waals surface area (Å²) in [5.74, 6) is 0. The quantitative estimate of drug-likeness (QED) is 0.878. The van der Waals surface area contributed by atoms with E-state index >= 15 is 0 Å². The van der Waals surface area contributed by atoms with Gasteiger partial charge in [-0.15, -0.1) is 0 Å². The number of hydrogen-bond acceptors (Lipinski definition) is 3. The lowest BCUT2D eigenvalue weighted by Gasteiger charge is -2.33. The number of sulfonamides is 1. The molecule has 5 heteroatoms. The Kier molecular flexibility index (Phi) is 5.24. The molecule has 0 atom stereocenters. The Bertz CT molecular complexity index is 599. The minimum atomic E-state index is -3.56. The van der Waals surface area contributed by atoms with E-state index in [0.717, 1.165) is 17.5 Å². The predicted octanol–water partition coefficient (Wildman–Crippen LogP) is 2.95. The van der Waals surface area contributed by atoms with Gasteiger partial charge in [0.25, 0.3) is 0 Å². The van der Waals surface area contributed by atoms with Gasteiger partial charge in [-0.25, -0.2) is 13.1 Å². The molecular weight excluding hydrogens is 284 g/mol. The smallest absolute Gasteiger partial charge is 0.241 e. The van der Waals surface area contributed by atoms with E-state index in [-0.39, 0.29) is 5.41 Å². The van der Waals surface area contributed by atoms with Crippen molar-refractivity contribution < 1.29 is 8.42 Å². The van der Waals surface area contributed by atoms with Crippen LogP contribution in [0.5, 0.6) is 0 Å². The van der Waals surface area contributed by atoms with Crippen LogP contribution in [0.15, 0.2) is 23.1 Å². The fourth-order valence-corrected chi connectivity index (χ4v) is 4.65. The Hall–Kier alpha value is -0.910. The highest BCUT2D eigenvalue weighted by Crippen LogP contribution is 2.29. The van der Waals surface area contributed by atoms with Crippen LogP contribution in [0, 0.1) is 12.3 Å². The van der Waals surface area contributed by atoms with Crippen molar-refractivity contribution in [1.82, 2.24) is 4.72 Å². The zero-order valence-corrected chi connectivity index (χ0v) is 14.8. The molecule has 0 bridgehead atoms. The first kappa shape index (κ1) is 18.1. The van der Waals surface area contributed by atoms with Crippen molar-refractivity contribution in [2.45, 2.75) is 64.9 Å². The number of rotatable bonds is 5.